The Bertz CT molecular complexity index is 967. The van der Waals surface area contributed by atoms with Gasteiger partial charge < -0.3 is 14.6 Å². The van der Waals surface area contributed by atoms with Crippen LogP contribution in [0.3, 0.4) is 0 Å². The van der Waals surface area contributed by atoms with E-state index < -0.39 is 5.97 Å². The van der Waals surface area contributed by atoms with Gasteiger partial charge >= 0.3 is 5.97 Å². The van der Waals surface area contributed by atoms with E-state index in [2.05, 4.69) is 10.3 Å². The predicted molar refractivity (Wildman–Crippen MR) is 104 cm³/mol. The van der Waals surface area contributed by atoms with E-state index in [0.717, 1.165) is 5.16 Å². The number of thiophene rings is 1. The van der Waals surface area contributed by atoms with E-state index in [1.165, 1.54) is 42.3 Å². The zero-order chi connectivity index (χ0) is 19.4. The topological polar surface area (TPSA) is 73.2 Å². The zero-order valence-corrected chi connectivity index (χ0v) is 16.2. The summed E-state index contributed by atoms with van der Waals surface area (Å²) in [5, 5.41) is 5.61. The number of hydrogen-bond acceptors (Lipinski definition) is 6. The Hall–Kier alpha value is -2.65. The molecule has 0 bridgehead atoms. The summed E-state index contributed by atoms with van der Waals surface area (Å²) >= 11 is 2.51. The van der Waals surface area contributed by atoms with Crippen LogP contribution in [0.4, 0.5) is 9.39 Å². The fourth-order valence-electron chi connectivity index (χ4n) is 2.38. The van der Waals surface area contributed by atoms with Gasteiger partial charge in [0.2, 0.25) is 5.91 Å². The van der Waals surface area contributed by atoms with Crippen LogP contribution in [-0.4, -0.2) is 34.3 Å². The zero-order valence-electron chi connectivity index (χ0n) is 14.6. The standard InChI is InChI=1S/C18H16FN3O3S2/c1-22-8-7-20-18(22)27-10-14(23)21-16-15(17(24)25-2)13(9-26-16)11-3-5-12(19)6-4-11/h3-9H,10H2,1-2H3,(H,21,23). The SMILES string of the molecule is COC(=O)c1c(-c2ccc(F)cc2)csc1NC(=O)CSc1nccn1C. The molecule has 0 atom stereocenters. The first-order chi connectivity index (χ1) is 13.0. The van der Waals surface area contributed by atoms with E-state index in [-0.39, 0.29) is 23.0 Å². The third-order valence-corrected chi connectivity index (χ3v) is 5.65. The minimum absolute atomic E-state index is 0.148. The predicted octanol–water partition coefficient (Wildman–Crippen LogP) is 3.81. The van der Waals surface area contributed by atoms with Crippen LogP contribution >= 0.6 is 23.1 Å². The lowest BCUT2D eigenvalue weighted by Gasteiger charge is -2.08. The summed E-state index contributed by atoms with van der Waals surface area (Å²) in [5.74, 6) is -1.05. The van der Waals surface area contributed by atoms with Gasteiger partial charge in [0.25, 0.3) is 0 Å². The first-order valence-electron chi connectivity index (χ1n) is 7.85. The van der Waals surface area contributed by atoms with Gasteiger partial charge in [-0.2, -0.15) is 0 Å². The van der Waals surface area contributed by atoms with Gasteiger partial charge in [0, 0.05) is 30.4 Å². The molecular formula is C18H16FN3O3S2. The quantitative estimate of drug-likeness (QED) is 0.499. The Morgan fingerprint density at radius 1 is 1.33 bits per heavy atom. The van der Waals surface area contributed by atoms with Crippen molar-refractivity contribution in [3.05, 3.63) is 53.4 Å². The van der Waals surface area contributed by atoms with Gasteiger partial charge in [-0.05, 0) is 17.7 Å². The fourth-order valence-corrected chi connectivity index (χ4v) is 4.09. The second-order valence-electron chi connectivity index (χ2n) is 5.51. The number of anilines is 1. The van der Waals surface area contributed by atoms with E-state index in [1.54, 1.807) is 29.9 Å². The second kappa shape index (κ2) is 8.36. The number of amides is 1. The van der Waals surface area contributed by atoms with Gasteiger partial charge in [0.1, 0.15) is 16.4 Å². The van der Waals surface area contributed by atoms with Crippen molar-refractivity contribution in [3.63, 3.8) is 0 Å². The minimum Gasteiger partial charge on any atom is -0.465 e. The average molecular weight is 405 g/mol. The molecule has 3 aromatic rings. The van der Waals surface area contributed by atoms with Gasteiger partial charge in [-0.15, -0.1) is 11.3 Å². The number of esters is 1. The summed E-state index contributed by atoms with van der Waals surface area (Å²) < 4.78 is 19.9. The van der Waals surface area contributed by atoms with Gasteiger partial charge in [0.15, 0.2) is 5.16 Å². The lowest BCUT2D eigenvalue weighted by molar-refractivity contribution is -0.113. The number of halogens is 1. The number of benzene rings is 1. The van der Waals surface area contributed by atoms with Crippen molar-refractivity contribution in [1.82, 2.24) is 9.55 Å². The number of imidazole rings is 1. The van der Waals surface area contributed by atoms with Gasteiger partial charge in [-0.1, -0.05) is 23.9 Å². The minimum atomic E-state index is -0.567. The molecule has 27 heavy (non-hydrogen) atoms. The number of aromatic nitrogens is 2. The van der Waals surface area contributed by atoms with Gasteiger partial charge in [-0.3, -0.25) is 4.79 Å². The highest BCUT2D eigenvalue weighted by Gasteiger charge is 2.22. The molecule has 2 aromatic heterocycles. The molecule has 2 heterocycles. The van der Waals surface area contributed by atoms with Crippen LogP contribution in [0.15, 0.2) is 47.2 Å². The number of ether oxygens (including phenoxy) is 1. The second-order valence-corrected chi connectivity index (χ2v) is 7.33. The molecule has 1 N–H and O–H groups in total. The molecule has 0 saturated carbocycles. The van der Waals surface area contributed by atoms with Gasteiger partial charge in [0.05, 0.1) is 12.9 Å². The third kappa shape index (κ3) is 4.37. The van der Waals surface area contributed by atoms with E-state index in [0.29, 0.717) is 16.1 Å². The van der Waals surface area contributed by atoms with Crippen molar-refractivity contribution in [1.29, 1.82) is 0 Å². The Kier molecular flexibility index (Phi) is 5.92. The normalized spacial score (nSPS) is 10.6. The van der Waals surface area contributed by atoms with E-state index >= 15 is 0 Å². The molecule has 0 aliphatic carbocycles. The summed E-state index contributed by atoms with van der Waals surface area (Å²) in [4.78, 5) is 28.7. The maximum Gasteiger partial charge on any atom is 0.341 e. The molecule has 0 aliphatic rings. The molecule has 0 unspecified atom stereocenters. The number of thioether (sulfide) groups is 1. The third-order valence-electron chi connectivity index (χ3n) is 3.70. The molecule has 0 aliphatic heterocycles. The van der Waals surface area contributed by atoms with Crippen LogP contribution in [0.5, 0.6) is 0 Å². The van der Waals surface area contributed by atoms with Crippen LogP contribution in [0, 0.1) is 5.82 Å². The highest BCUT2D eigenvalue weighted by atomic mass is 32.2. The average Bonchev–Trinajstić information content (AvgIpc) is 3.26. The first-order valence-corrected chi connectivity index (χ1v) is 9.72. The Morgan fingerprint density at radius 2 is 2.07 bits per heavy atom. The number of aryl methyl sites for hydroxylation is 1. The monoisotopic (exact) mass is 405 g/mol. The molecule has 0 radical (unpaired) electrons. The summed E-state index contributed by atoms with van der Waals surface area (Å²) in [6, 6.07) is 5.78. The largest absolute Gasteiger partial charge is 0.465 e. The highest BCUT2D eigenvalue weighted by molar-refractivity contribution is 7.99. The number of methoxy groups -OCH3 is 1. The Labute approximate surface area is 163 Å². The van der Waals surface area contributed by atoms with Crippen LogP contribution in [0.1, 0.15) is 10.4 Å². The van der Waals surface area contributed by atoms with Crippen molar-refractivity contribution < 1.29 is 18.7 Å². The fraction of sp³-hybridized carbons (Fsp3) is 0.167. The summed E-state index contributed by atoms with van der Waals surface area (Å²) in [5.41, 5.74) is 1.50. The highest BCUT2D eigenvalue weighted by Crippen LogP contribution is 2.36. The molecule has 0 fully saturated rings. The van der Waals surface area contributed by atoms with Crippen molar-refractivity contribution in [2.24, 2.45) is 7.05 Å². The smallest absolute Gasteiger partial charge is 0.341 e. The molecule has 9 heteroatoms. The van der Waals surface area contributed by atoms with Crippen molar-refractivity contribution in [3.8, 4) is 11.1 Å². The summed E-state index contributed by atoms with van der Waals surface area (Å²) in [6.07, 6.45) is 3.45. The van der Waals surface area contributed by atoms with Crippen molar-refractivity contribution in [2.75, 3.05) is 18.2 Å². The van der Waals surface area contributed by atoms with Crippen LogP contribution in [-0.2, 0) is 16.6 Å². The number of carbonyl (C=O) groups is 2. The molecular weight excluding hydrogens is 389 g/mol. The molecule has 0 spiro atoms. The van der Waals surface area contributed by atoms with Gasteiger partial charge in [-0.25, -0.2) is 14.2 Å². The molecule has 1 amide bonds. The van der Waals surface area contributed by atoms with Crippen LogP contribution in [0.25, 0.3) is 11.1 Å². The number of nitrogens with zero attached hydrogens (tertiary/aromatic N) is 2. The van der Waals surface area contributed by atoms with Crippen LogP contribution in [0.2, 0.25) is 0 Å². The van der Waals surface area contributed by atoms with Crippen molar-refractivity contribution >= 4 is 40.0 Å². The van der Waals surface area contributed by atoms with E-state index in [4.69, 9.17) is 4.74 Å². The maximum absolute atomic E-state index is 13.2. The lowest BCUT2D eigenvalue weighted by atomic mass is 10.0. The first kappa shape index (κ1) is 19.1. The number of hydrogen-bond donors (Lipinski definition) is 1. The number of carbonyl (C=O) groups excluding carboxylic acids is 2. The molecule has 3 rings (SSSR count). The summed E-state index contributed by atoms with van der Waals surface area (Å²) in [7, 11) is 3.12. The summed E-state index contributed by atoms with van der Waals surface area (Å²) in [6.45, 7) is 0. The number of nitrogens with one attached hydrogen (secondary N) is 1. The maximum atomic E-state index is 13.2. The molecule has 1 aromatic carbocycles. The lowest BCUT2D eigenvalue weighted by Crippen LogP contribution is -2.16. The molecule has 140 valence electrons. The van der Waals surface area contributed by atoms with Crippen LogP contribution < -0.4 is 5.32 Å². The van der Waals surface area contributed by atoms with E-state index in [1.807, 2.05) is 11.6 Å². The Morgan fingerprint density at radius 3 is 2.70 bits per heavy atom. The Balaban J connectivity index is 1.80. The molecule has 0 saturated heterocycles. The molecule has 6 nitrogen and oxygen atoms in total. The van der Waals surface area contributed by atoms with Crippen molar-refractivity contribution in [2.45, 2.75) is 5.16 Å². The number of rotatable bonds is 6. The van der Waals surface area contributed by atoms with E-state index in [9.17, 15) is 14.0 Å².